The van der Waals surface area contributed by atoms with E-state index < -0.39 is 0 Å². The highest BCUT2D eigenvalue weighted by atomic mass is 16.5. The summed E-state index contributed by atoms with van der Waals surface area (Å²) in [4.78, 5) is 0. The van der Waals surface area contributed by atoms with Gasteiger partial charge in [0.1, 0.15) is 0 Å². The van der Waals surface area contributed by atoms with E-state index in [4.69, 9.17) is 4.74 Å². The van der Waals surface area contributed by atoms with E-state index in [9.17, 15) is 10.2 Å². The second-order valence-electron chi connectivity index (χ2n) is 6.46. The molecule has 3 nitrogen and oxygen atoms in total. The lowest BCUT2D eigenvalue weighted by Gasteiger charge is -2.32. The molecule has 1 saturated carbocycles. The van der Waals surface area contributed by atoms with Gasteiger partial charge in [0.2, 0.25) is 0 Å². The van der Waals surface area contributed by atoms with Gasteiger partial charge in [-0.2, -0.15) is 0 Å². The molecule has 110 valence electrons. The average Bonchev–Trinajstić information content (AvgIpc) is 2.78. The normalized spacial score (nSPS) is 33.0. The van der Waals surface area contributed by atoms with Crippen molar-refractivity contribution in [3.63, 3.8) is 0 Å². The fourth-order valence-electron chi connectivity index (χ4n) is 4.17. The first kappa shape index (κ1) is 13.7. The molecule has 3 rings (SSSR count). The number of hydrogen-bond donors (Lipinski definition) is 2. The molecule has 4 unspecified atom stereocenters. The van der Waals surface area contributed by atoms with Crippen LogP contribution in [0.5, 0.6) is 11.5 Å². The van der Waals surface area contributed by atoms with Crippen LogP contribution in [0.15, 0.2) is 12.1 Å². The molecule has 0 amide bonds. The Bertz CT molecular complexity index is 497. The van der Waals surface area contributed by atoms with Gasteiger partial charge in [0.05, 0.1) is 13.2 Å². The molecule has 0 heterocycles. The van der Waals surface area contributed by atoms with E-state index in [1.54, 1.807) is 7.11 Å². The Balaban J connectivity index is 1.81. The van der Waals surface area contributed by atoms with Crippen molar-refractivity contribution in [2.75, 3.05) is 7.11 Å². The van der Waals surface area contributed by atoms with E-state index in [-0.39, 0.29) is 11.9 Å². The summed E-state index contributed by atoms with van der Waals surface area (Å²) in [5, 5.41) is 19.8. The molecule has 0 radical (unpaired) electrons. The molecule has 1 aromatic carbocycles. The highest BCUT2D eigenvalue weighted by Gasteiger charge is 2.37. The molecule has 2 aliphatic rings. The van der Waals surface area contributed by atoms with Gasteiger partial charge in [-0.1, -0.05) is 6.92 Å². The first-order valence-electron chi connectivity index (χ1n) is 7.67. The third kappa shape index (κ3) is 2.28. The summed E-state index contributed by atoms with van der Waals surface area (Å²) in [7, 11) is 1.59. The fraction of sp³-hybridized carbons (Fsp3) is 0.647. The number of rotatable bonds is 2. The highest BCUT2D eigenvalue weighted by molar-refractivity contribution is 5.47. The molecular weight excluding hydrogens is 252 g/mol. The maximum atomic E-state index is 9.96. The molecule has 0 spiro atoms. The Morgan fingerprint density at radius 3 is 2.60 bits per heavy atom. The molecule has 0 saturated heterocycles. The third-order valence-electron chi connectivity index (χ3n) is 5.45. The van der Waals surface area contributed by atoms with Gasteiger partial charge in [-0.3, -0.25) is 0 Å². The van der Waals surface area contributed by atoms with Crippen LogP contribution >= 0.6 is 0 Å². The van der Waals surface area contributed by atoms with Crippen LogP contribution in [0.2, 0.25) is 0 Å². The van der Waals surface area contributed by atoms with Gasteiger partial charge in [0.25, 0.3) is 0 Å². The number of ether oxygens (including phenoxy) is 1. The van der Waals surface area contributed by atoms with E-state index in [1.165, 1.54) is 17.5 Å². The number of hydrogen-bond acceptors (Lipinski definition) is 3. The molecule has 0 aromatic heterocycles. The van der Waals surface area contributed by atoms with Crippen molar-refractivity contribution >= 4 is 0 Å². The minimum Gasteiger partial charge on any atom is -0.504 e. The Morgan fingerprint density at radius 2 is 1.95 bits per heavy atom. The van der Waals surface area contributed by atoms with Crippen LogP contribution in [-0.4, -0.2) is 23.4 Å². The lowest BCUT2D eigenvalue weighted by Crippen LogP contribution is -2.27. The second kappa shape index (κ2) is 5.28. The van der Waals surface area contributed by atoms with Crippen molar-refractivity contribution in [1.82, 2.24) is 0 Å². The lowest BCUT2D eigenvalue weighted by atomic mass is 9.73. The number of methoxy groups -OCH3 is 1. The zero-order valence-corrected chi connectivity index (χ0v) is 12.3. The van der Waals surface area contributed by atoms with Gasteiger partial charge >= 0.3 is 0 Å². The van der Waals surface area contributed by atoms with Crippen molar-refractivity contribution in [2.45, 2.75) is 45.1 Å². The molecule has 2 aliphatic carbocycles. The fourth-order valence-corrected chi connectivity index (χ4v) is 4.17. The molecule has 0 aliphatic heterocycles. The smallest absolute Gasteiger partial charge is 0.160 e. The van der Waals surface area contributed by atoms with Crippen LogP contribution < -0.4 is 4.74 Å². The Labute approximate surface area is 120 Å². The van der Waals surface area contributed by atoms with Gasteiger partial charge in [-0.05, 0) is 73.1 Å². The van der Waals surface area contributed by atoms with Crippen molar-refractivity contribution in [3.8, 4) is 11.5 Å². The number of benzene rings is 1. The Morgan fingerprint density at radius 1 is 1.15 bits per heavy atom. The number of fused-ring (bicyclic) bond motifs is 1. The topological polar surface area (TPSA) is 49.7 Å². The lowest BCUT2D eigenvalue weighted by molar-refractivity contribution is 0.110. The number of aromatic hydroxyl groups is 1. The highest BCUT2D eigenvalue weighted by Crippen LogP contribution is 2.43. The van der Waals surface area contributed by atoms with Crippen LogP contribution in [0.1, 0.15) is 37.3 Å². The minimum atomic E-state index is -0.115. The van der Waals surface area contributed by atoms with Crippen molar-refractivity contribution in [1.29, 1.82) is 0 Å². The van der Waals surface area contributed by atoms with Crippen molar-refractivity contribution < 1.29 is 14.9 Å². The molecule has 2 N–H and O–H groups in total. The molecule has 1 fully saturated rings. The van der Waals surface area contributed by atoms with Gasteiger partial charge in [0, 0.05) is 0 Å². The van der Waals surface area contributed by atoms with E-state index >= 15 is 0 Å². The zero-order chi connectivity index (χ0) is 14.3. The van der Waals surface area contributed by atoms with E-state index in [0.717, 1.165) is 25.7 Å². The summed E-state index contributed by atoms with van der Waals surface area (Å²) in [5.74, 6) is 2.53. The average molecular weight is 276 g/mol. The summed E-state index contributed by atoms with van der Waals surface area (Å²) < 4.78 is 5.22. The monoisotopic (exact) mass is 276 g/mol. The van der Waals surface area contributed by atoms with Crippen molar-refractivity contribution in [2.24, 2.45) is 17.8 Å². The molecule has 20 heavy (non-hydrogen) atoms. The van der Waals surface area contributed by atoms with E-state index in [2.05, 4.69) is 6.92 Å². The Hall–Kier alpha value is -1.22. The largest absolute Gasteiger partial charge is 0.504 e. The third-order valence-corrected chi connectivity index (χ3v) is 5.45. The van der Waals surface area contributed by atoms with Crippen molar-refractivity contribution in [3.05, 3.63) is 23.3 Å². The molecule has 3 heteroatoms. The predicted octanol–water partition coefficient (Wildman–Crippen LogP) is 2.91. The van der Waals surface area contributed by atoms with Gasteiger partial charge < -0.3 is 14.9 Å². The van der Waals surface area contributed by atoms with Crippen LogP contribution in [0.4, 0.5) is 0 Å². The molecular formula is C17H24O3. The summed E-state index contributed by atoms with van der Waals surface area (Å²) >= 11 is 0. The second-order valence-corrected chi connectivity index (χ2v) is 6.46. The van der Waals surface area contributed by atoms with Gasteiger partial charge in [-0.15, -0.1) is 0 Å². The van der Waals surface area contributed by atoms with Crippen LogP contribution in [0.25, 0.3) is 0 Å². The number of aliphatic hydroxyl groups excluding tert-OH is 1. The molecule has 1 aromatic rings. The maximum absolute atomic E-state index is 9.96. The van der Waals surface area contributed by atoms with Gasteiger partial charge in [0.15, 0.2) is 11.5 Å². The minimum absolute atomic E-state index is 0.115. The number of phenolic OH excluding ortho intramolecular Hbond substituents is 1. The van der Waals surface area contributed by atoms with Crippen LogP contribution in [0.3, 0.4) is 0 Å². The zero-order valence-electron chi connectivity index (χ0n) is 12.3. The number of aliphatic hydroxyl groups is 1. The maximum Gasteiger partial charge on any atom is 0.160 e. The predicted molar refractivity (Wildman–Crippen MR) is 78.1 cm³/mol. The summed E-state index contributed by atoms with van der Waals surface area (Å²) in [6.45, 7) is 2.19. The quantitative estimate of drug-likeness (QED) is 0.873. The SMILES string of the molecule is COc1cc2c(cc1O)CCC(C1CCC(O)C1C)C2. The van der Waals surface area contributed by atoms with Crippen LogP contribution in [0, 0.1) is 17.8 Å². The summed E-state index contributed by atoms with van der Waals surface area (Å²) in [6, 6.07) is 3.85. The van der Waals surface area contributed by atoms with Gasteiger partial charge in [-0.25, -0.2) is 0 Å². The van der Waals surface area contributed by atoms with E-state index in [0.29, 0.717) is 23.5 Å². The standard InChI is InChI=1S/C17H24O3/c1-10-14(5-6-15(10)18)12-4-3-11-8-16(19)17(20-2)9-13(11)7-12/h8-10,12,14-15,18-19H,3-7H2,1-2H3. The number of phenols is 1. The van der Waals surface area contributed by atoms with Crippen LogP contribution in [-0.2, 0) is 12.8 Å². The first-order valence-corrected chi connectivity index (χ1v) is 7.67. The van der Waals surface area contributed by atoms with E-state index in [1.807, 2.05) is 12.1 Å². The Kier molecular flexibility index (Phi) is 3.63. The summed E-state index contributed by atoms with van der Waals surface area (Å²) in [6.07, 6.45) is 5.23. The first-order chi connectivity index (χ1) is 9.60. The molecule has 4 atom stereocenters. The summed E-state index contributed by atoms with van der Waals surface area (Å²) in [5.41, 5.74) is 2.57. The molecule has 0 bridgehead atoms. The number of aryl methyl sites for hydroxylation is 1.